The van der Waals surface area contributed by atoms with Crippen LogP contribution in [-0.4, -0.2) is 50.1 Å². The molecule has 0 spiro atoms. The molecule has 0 aliphatic carbocycles. The smallest absolute Gasteiger partial charge is 0.319 e. The van der Waals surface area contributed by atoms with Crippen LogP contribution in [0.2, 0.25) is 0 Å². The van der Waals surface area contributed by atoms with E-state index in [1.807, 2.05) is 55.3 Å². The van der Waals surface area contributed by atoms with Crippen molar-refractivity contribution in [3.05, 3.63) is 64.7 Å². The molecule has 3 rings (SSSR count). The standard InChI is InChI=1S/C24H29N5O2/c1-17-3-6-21(15-22(17)28-24(31)27-12-11-26-2)23(30)29-13-9-20(10-14-29)19-7-4-18(16-25)5-8-19/h3-8,15,20,26H,9-14H2,1-2H3,(H2,27,28,31). The summed E-state index contributed by atoms with van der Waals surface area (Å²) in [4.78, 5) is 27.0. The molecule has 1 heterocycles. The number of likely N-dealkylation sites (tertiary alicyclic amines) is 1. The van der Waals surface area contributed by atoms with Crippen molar-refractivity contribution >= 4 is 17.6 Å². The van der Waals surface area contributed by atoms with Crippen LogP contribution in [0.25, 0.3) is 0 Å². The van der Waals surface area contributed by atoms with Crippen LogP contribution >= 0.6 is 0 Å². The van der Waals surface area contributed by atoms with Gasteiger partial charge < -0.3 is 20.9 Å². The van der Waals surface area contributed by atoms with Gasteiger partial charge >= 0.3 is 6.03 Å². The largest absolute Gasteiger partial charge is 0.339 e. The third-order valence-electron chi connectivity index (χ3n) is 5.69. The highest BCUT2D eigenvalue weighted by atomic mass is 16.2. The van der Waals surface area contributed by atoms with E-state index < -0.39 is 0 Å². The van der Waals surface area contributed by atoms with Gasteiger partial charge in [0.05, 0.1) is 11.6 Å². The van der Waals surface area contributed by atoms with Crippen LogP contribution in [0.3, 0.4) is 0 Å². The summed E-state index contributed by atoms with van der Waals surface area (Å²) >= 11 is 0. The first kappa shape index (κ1) is 22.3. The normalized spacial score (nSPS) is 14.0. The van der Waals surface area contributed by atoms with Crippen molar-refractivity contribution in [3.8, 4) is 6.07 Å². The minimum Gasteiger partial charge on any atom is -0.339 e. The number of hydrogen-bond acceptors (Lipinski definition) is 4. The van der Waals surface area contributed by atoms with E-state index in [0.29, 0.717) is 48.9 Å². The second-order valence-electron chi connectivity index (χ2n) is 7.81. The third kappa shape index (κ3) is 5.83. The maximum absolute atomic E-state index is 13.0. The number of nitrogens with zero attached hydrogens (tertiary/aromatic N) is 2. The number of carbonyl (C=O) groups excluding carboxylic acids is 2. The molecule has 3 amide bonds. The van der Waals surface area contributed by atoms with Crippen molar-refractivity contribution < 1.29 is 9.59 Å². The molecule has 7 heteroatoms. The van der Waals surface area contributed by atoms with Crippen LogP contribution in [0, 0.1) is 18.3 Å². The van der Waals surface area contributed by atoms with Crippen LogP contribution in [0.15, 0.2) is 42.5 Å². The lowest BCUT2D eigenvalue weighted by molar-refractivity contribution is 0.0713. The Morgan fingerprint density at radius 3 is 2.45 bits per heavy atom. The van der Waals surface area contributed by atoms with Gasteiger partial charge in [-0.1, -0.05) is 18.2 Å². The fraction of sp³-hybridized carbons (Fsp3) is 0.375. The number of nitrogens with one attached hydrogen (secondary N) is 3. The molecule has 1 fully saturated rings. The number of aryl methyl sites for hydroxylation is 1. The highest BCUT2D eigenvalue weighted by Gasteiger charge is 2.25. The first-order valence-electron chi connectivity index (χ1n) is 10.6. The highest BCUT2D eigenvalue weighted by Crippen LogP contribution is 2.29. The van der Waals surface area contributed by atoms with E-state index in [1.54, 1.807) is 6.07 Å². The summed E-state index contributed by atoms with van der Waals surface area (Å²) < 4.78 is 0. The topological polar surface area (TPSA) is 97.3 Å². The summed E-state index contributed by atoms with van der Waals surface area (Å²) in [6, 6.07) is 15.0. The summed E-state index contributed by atoms with van der Waals surface area (Å²) in [7, 11) is 1.83. The number of urea groups is 1. The van der Waals surface area contributed by atoms with Crippen molar-refractivity contribution in [2.24, 2.45) is 0 Å². The fourth-order valence-electron chi connectivity index (χ4n) is 3.79. The van der Waals surface area contributed by atoms with Gasteiger partial charge in [0.15, 0.2) is 0 Å². The van der Waals surface area contributed by atoms with Crippen molar-refractivity contribution in [3.63, 3.8) is 0 Å². The van der Waals surface area contributed by atoms with Gasteiger partial charge in [-0.25, -0.2) is 4.79 Å². The molecule has 3 N–H and O–H groups in total. The maximum atomic E-state index is 13.0. The summed E-state index contributed by atoms with van der Waals surface area (Å²) in [5, 5.41) is 17.5. The van der Waals surface area contributed by atoms with Gasteiger partial charge in [0.1, 0.15) is 0 Å². The lowest BCUT2D eigenvalue weighted by atomic mass is 9.89. The Morgan fingerprint density at radius 1 is 1.10 bits per heavy atom. The number of benzene rings is 2. The van der Waals surface area contributed by atoms with Crippen molar-refractivity contribution in [2.75, 3.05) is 38.5 Å². The number of anilines is 1. The van der Waals surface area contributed by atoms with Gasteiger partial charge in [0.2, 0.25) is 0 Å². The monoisotopic (exact) mass is 419 g/mol. The summed E-state index contributed by atoms with van der Waals surface area (Å²) in [6.45, 7) is 4.48. The zero-order valence-corrected chi connectivity index (χ0v) is 18.1. The SMILES string of the molecule is CNCCNC(=O)Nc1cc(C(=O)N2CCC(c3ccc(C#N)cc3)CC2)ccc1C. The van der Waals surface area contributed by atoms with Gasteiger partial charge in [-0.05, 0) is 68.1 Å². The lowest BCUT2D eigenvalue weighted by Crippen LogP contribution is -2.38. The zero-order valence-electron chi connectivity index (χ0n) is 18.1. The van der Waals surface area contributed by atoms with Gasteiger partial charge in [0.25, 0.3) is 5.91 Å². The van der Waals surface area contributed by atoms with Crippen LogP contribution in [0.5, 0.6) is 0 Å². The predicted molar refractivity (Wildman–Crippen MR) is 121 cm³/mol. The summed E-state index contributed by atoms with van der Waals surface area (Å²) in [5.41, 5.74) is 4.00. The van der Waals surface area contributed by atoms with Crippen LogP contribution < -0.4 is 16.0 Å². The Morgan fingerprint density at radius 2 is 1.81 bits per heavy atom. The van der Waals surface area contributed by atoms with Crippen LogP contribution in [-0.2, 0) is 0 Å². The number of carbonyl (C=O) groups is 2. The molecule has 1 saturated heterocycles. The second-order valence-corrected chi connectivity index (χ2v) is 7.81. The van der Waals surface area contributed by atoms with Crippen LogP contribution in [0.1, 0.15) is 45.8 Å². The molecule has 2 aromatic carbocycles. The zero-order chi connectivity index (χ0) is 22.2. The molecule has 0 unspecified atom stereocenters. The second kappa shape index (κ2) is 10.6. The molecule has 0 atom stereocenters. The Hall–Kier alpha value is -3.37. The van der Waals surface area contributed by atoms with E-state index in [1.165, 1.54) is 5.56 Å². The third-order valence-corrected chi connectivity index (χ3v) is 5.69. The molecule has 1 aliphatic rings. The van der Waals surface area contributed by atoms with E-state index in [2.05, 4.69) is 22.0 Å². The van der Waals surface area contributed by atoms with Gasteiger partial charge in [-0.15, -0.1) is 0 Å². The molecule has 0 bridgehead atoms. The van der Waals surface area contributed by atoms with Crippen LogP contribution in [0.4, 0.5) is 10.5 Å². The molecule has 7 nitrogen and oxygen atoms in total. The highest BCUT2D eigenvalue weighted by molar-refractivity contribution is 5.97. The first-order valence-corrected chi connectivity index (χ1v) is 10.6. The summed E-state index contributed by atoms with van der Waals surface area (Å²) in [5.74, 6) is 0.380. The molecule has 31 heavy (non-hydrogen) atoms. The van der Waals surface area contributed by atoms with Gasteiger partial charge in [-0.3, -0.25) is 4.79 Å². The van der Waals surface area contributed by atoms with E-state index in [0.717, 1.165) is 18.4 Å². The van der Waals surface area contributed by atoms with Gasteiger partial charge in [0, 0.05) is 37.4 Å². The number of likely N-dealkylation sites (N-methyl/N-ethyl adjacent to an activating group) is 1. The predicted octanol–water partition coefficient (Wildman–Crippen LogP) is 3.23. The van der Waals surface area contributed by atoms with Crippen molar-refractivity contribution in [2.45, 2.75) is 25.7 Å². The van der Waals surface area contributed by atoms with E-state index in [4.69, 9.17) is 5.26 Å². The Labute approximate surface area is 183 Å². The molecule has 0 aromatic heterocycles. The number of hydrogen-bond donors (Lipinski definition) is 3. The van der Waals surface area contributed by atoms with Gasteiger partial charge in [-0.2, -0.15) is 5.26 Å². The minimum atomic E-state index is -0.286. The Balaban J connectivity index is 1.60. The van der Waals surface area contributed by atoms with Crippen molar-refractivity contribution in [1.82, 2.24) is 15.5 Å². The molecule has 2 aromatic rings. The molecule has 0 saturated carbocycles. The minimum absolute atomic E-state index is 0.0167. The number of nitriles is 1. The first-order chi connectivity index (χ1) is 15.0. The number of rotatable bonds is 6. The number of piperidine rings is 1. The fourth-order valence-corrected chi connectivity index (χ4v) is 3.79. The summed E-state index contributed by atoms with van der Waals surface area (Å²) in [6.07, 6.45) is 1.78. The molecule has 162 valence electrons. The average Bonchev–Trinajstić information content (AvgIpc) is 2.80. The molecular weight excluding hydrogens is 390 g/mol. The average molecular weight is 420 g/mol. The maximum Gasteiger partial charge on any atom is 0.319 e. The van der Waals surface area contributed by atoms with E-state index >= 15 is 0 Å². The molecular formula is C24H29N5O2. The molecule has 0 radical (unpaired) electrons. The quantitative estimate of drug-likeness (QED) is 0.626. The van der Waals surface area contributed by atoms with E-state index in [-0.39, 0.29) is 11.9 Å². The number of amides is 3. The Bertz CT molecular complexity index is 957. The van der Waals surface area contributed by atoms with Crippen molar-refractivity contribution in [1.29, 1.82) is 5.26 Å². The lowest BCUT2D eigenvalue weighted by Gasteiger charge is -2.32. The van der Waals surface area contributed by atoms with E-state index in [9.17, 15) is 9.59 Å². The molecule has 1 aliphatic heterocycles. The Kier molecular flexibility index (Phi) is 7.63.